The molecule has 0 aliphatic carbocycles. The quantitative estimate of drug-likeness (QED) is 0.163. The van der Waals surface area contributed by atoms with Crippen molar-refractivity contribution in [1.82, 2.24) is 14.5 Å². The summed E-state index contributed by atoms with van der Waals surface area (Å²) < 4.78 is 67.9. The maximum Gasteiger partial charge on any atom is 0.322 e. The molecule has 12 nitrogen and oxygen atoms in total. The summed E-state index contributed by atoms with van der Waals surface area (Å²) in [6.45, 7) is 6.94. The fourth-order valence-electron chi connectivity index (χ4n) is 5.52. The van der Waals surface area contributed by atoms with E-state index in [9.17, 15) is 36.2 Å². The van der Waals surface area contributed by atoms with Gasteiger partial charge in [0.2, 0.25) is 20.0 Å². The van der Waals surface area contributed by atoms with Gasteiger partial charge in [-0.25, -0.2) is 26.0 Å². The summed E-state index contributed by atoms with van der Waals surface area (Å²) >= 11 is 0. The van der Waals surface area contributed by atoms with Gasteiger partial charge in [-0.15, -0.1) is 0 Å². The van der Waals surface area contributed by atoms with Crippen molar-refractivity contribution in [1.29, 1.82) is 0 Å². The number of phenolic OH excluding ortho intramolecular Hbond substituents is 1. The Labute approximate surface area is 282 Å². The number of rotatable bonds is 13. The molecule has 0 spiro atoms. The second kappa shape index (κ2) is 15.6. The summed E-state index contributed by atoms with van der Waals surface area (Å²) in [7, 11) is -7.37. The highest BCUT2D eigenvalue weighted by Crippen LogP contribution is 2.28. The van der Waals surface area contributed by atoms with E-state index in [2.05, 4.69) is 15.4 Å². The van der Waals surface area contributed by atoms with Crippen LogP contribution in [0.4, 0.5) is 20.6 Å². The molecule has 3 aromatic carbocycles. The van der Waals surface area contributed by atoms with Gasteiger partial charge >= 0.3 is 6.03 Å². The SMILES string of the molecule is Cc1cccc(F)c1CN(C(=O)Nc1ccc(S(=O)(=O)N2CCC(CNCC(O)c3ccc(O)c(NS(C)(=O)=O)c3)CC2)cc1)C(C)C. The molecule has 1 aliphatic heterocycles. The normalized spacial score (nSPS) is 15.3. The van der Waals surface area contributed by atoms with E-state index in [0.717, 1.165) is 11.8 Å². The highest BCUT2D eigenvalue weighted by atomic mass is 32.2. The number of aryl methyl sites for hydroxylation is 1. The zero-order chi connectivity index (χ0) is 35.2. The summed E-state index contributed by atoms with van der Waals surface area (Å²) in [4.78, 5) is 14.7. The highest BCUT2D eigenvalue weighted by molar-refractivity contribution is 7.92. The van der Waals surface area contributed by atoms with Crippen LogP contribution >= 0.6 is 0 Å². The number of amides is 2. The first-order chi connectivity index (χ1) is 22.5. The number of benzene rings is 3. The van der Waals surface area contributed by atoms with E-state index >= 15 is 0 Å². The minimum Gasteiger partial charge on any atom is -0.506 e. The summed E-state index contributed by atoms with van der Waals surface area (Å²) in [5.74, 6) is -0.454. The Morgan fingerprint density at radius 3 is 2.31 bits per heavy atom. The molecule has 5 N–H and O–H groups in total. The third-order valence-electron chi connectivity index (χ3n) is 8.35. The number of aliphatic hydroxyl groups excluding tert-OH is 1. The number of nitrogens with zero attached hydrogens (tertiary/aromatic N) is 2. The van der Waals surface area contributed by atoms with Crippen molar-refractivity contribution >= 4 is 37.5 Å². The Morgan fingerprint density at radius 2 is 1.71 bits per heavy atom. The maximum absolute atomic E-state index is 14.4. The molecule has 0 saturated carbocycles. The first kappa shape index (κ1) is 37.1. The molecule has 0 aromatic heterocycles. The van der Waals surface area contributed by atoms with Crippen LogP contribution in [0.15, 0.2) is 65.6 Å². The van der Waals surface area contributed by atoms with Crippen LogP contribution in [0.3, 0.4) is 0 Å². The number of hydrogen-bond donors (Lipinski definition) is 5. The van der Waals surface area contributed by atoms with Crippen molar-refractivity contribution in [3.8, 4) is 5.75 Å². The number of aromatic hydroxyl groups is 1. The van der Waals surface area contributed by atoms with Crippen molar-refractivity contribution in [2.24, 2.45) is 5.92 Å². The number of carbonyl (C=O) groups is 1. The fourth-order valence-corrected chi connectivity index (χ4v) is 7.55. The van der Waals surface area contributed by atoms with Gasteiger partial charge in [0.25, 0.3) is 0 Å². The number of halogens is 1. The summed E-state index contributed by atoms with van der Waals surface area (Å²) in [5.41, 5.74) is 2.00. The lowest BCUT2D eigenvalue weighted by Crippen LogP contribution is -2.41. The van der Waals surface area contributed by atoms with E-state index in [1.54, 1.807) is 19.1 Å². The predicted octanol–water partition coefficient (Wildman–Crippen LogP) is 4.38. The minimum absolute atomic E-state index is 0.0218. The zero-order valence-electron chi connectivity index (χ0n) is 27.5. The fraction of sp³-hybridized carbons (Fsp3) is 0.424. The lowest BCUT2D eigenvalue weighted by molar-refractivity contribution is 0.169. The number of hydrogen-bond acceptors (Lipinski definition) is 8. The number of anilines is 2. The van der Waals surface area contributed by atoms with Crippen LogP contribution in [0.5, 0.6) is 5.75 Å². The molecule has 3 aromatic rings. The second-order valence-electron chi connectivity index (χ2n) is 12.4. The molecule has 1 aliphatic rings. The van der Waals surface area contributed by atoms with Crippen LogP contribution in [0.1, 0.15) is 49.5 Å². The van der Waals surface area contributed by atoms with Crippen molar-refractivity contribution in [2.75, 3.05) is 42.5 Å². The van der Waals surface area contributed by atoms with Gasteiger partial charge in [0.15, 0.2) is 0 Å². The Morgan fingerprint density at radius 1 is 1.04 bits per heavy atom. The highest BCUT2D eigenvalue weighted by Gasteiger charge is 2.29. The first-order valence-corrected chi connectivity index (χ1v) is 19.0. The third kappa shape index (κ3) is 9.66. The van der Waals surface area contributed by atoms with Crippen molar-refractivity contribution < 1.29 is 36.2 Å². The average Bonchev–Trinajstić information content (AvgIpc) is 3.01. The monoisotopic (exact) mass is 705 g/mol. The first-order valence-electron chi connectivity index (χ1n) is 15.7. The van der Waals surface area contributed by atoms with Gasteiger partial charge in [0, 0.05) is 36.9 Å². The standard InChI is InChI=1S/C33H44FN5O7S2/c1-22(2)39(21-28-23(3)6-5-7-29(28)34)33(42)36-26-9-11-27(12-10-26)48(45,46)38-16-14-24(15-17-38)19-35-20-32(41)25-8-13-31(40)30(18-25)37-47(4,43)44/h5-13,18,22,24,32,35,37,40-41H,14-17,19-21H2,1-4H3,(H,36,42). The van der Waals surface area contributed by atoms with E-state index < -0.39 is 32.2 Å². The van der Waals surface area contributed by atoms with Gasteiger partial charge in [0.05, 0.1) is 29.5 Å². The number of aliphatic hydroxyl groups is 1. The third-order valence-corrected chi connectivity index (χ3v) is 10.9. The van der Waals surface area contributed by atoms with Gasteiger partial charge in [-0.05, 0) is 99.7 Å². The topological polar surface area (TPSA) is 168 Å². The second-order valence-corrected chi connectivity index (χ2v) is 16.1. The number of sulfonamides is 2. The molecule has 1 unspecified atom stereocenters. The van der Waals surface area contributed by atoms with Crippen molar-refractivity contribution in [3.05, 3.63) is 83.2 Å². The van der Waals surface area contributed by atoms with E-state index in [0.29, 0.717) is 49.3 Å². The van der Waals surface area contributed by atoms with Gasteiger partial charge < -0.3 is 25.7 Å². The molecule has 1 saturated heterocycles. The summed E-state index contributed by atoms with van der Waals surface area (Å²) in [6, 6.07) is 14.3. The van der Waals surface area contributed by atoms with Gasteiger partial charge in [0.1, 0.15) is 11.6 Å². The number of phenols is 1. The Hall–Kier alpha value is -3.76. The van der Waals surface area contributed by atoms with Crippen LogP contribution in [0.25, 0.3) is 0 Å². The molecule has 4 rings (SSSR count). The van der Waals surface area contributed by atoms with Crippen LogP contribution in [-0.4, -0.2) is 80.8 Å². The van der Waals surface area contributed by atoms with Gasteiger partial charge in [-0.2, -0.15) is 4.31 Å². The van der Waals surface area contributed by atoms with E-state index in [1.807, 2.05) is 13.8 Å². The number of urea groups is 1. The Kier molecular flexibility index (Phi) is 12.1. The predicted molar refractivity (Wildman–Crippen MR) is 183 cm³/mol. The molecule has 0 radical (unpaired) electrons. The molecule has 2 amide bonds. The Bertz CT molecular complexity index is 1780. The van der Waals surface area contributed by atoms with E-state index in [-0.39, 0.29) is 47.2 Å². The number of nitrogens with one attached hydrogen (secondary N) is 3. The number of carbonyl (C=O) groups excluding carboxylic acids is 1. The molecule has 0 bridgehead atoms. The Balaban J connectivity index is 1.27. The van der Waals surface area contributed by atoms with Gasteiger partial charge in [-0.1, -0.05) is 18.2 Å². The van der Waals surface area contributed by atoms with Crippen molar-refractivity contribution in [2.45, 2.75) is 57.2 Å². The minimum atomic E-state index is -3.76. The van der Waals surface area contributed by atoms with Crippen LogP contribution in [-0.2, 0) is 26.6 Å². The molecule has 262 valence electrons. The molecule has 1 fully saturated rings. The molecule has 15 heteroatoms. The molecular weight excluding hydrogens is 662 g/mol. The molecular formula is C33H44FN5O7S2. The van der Waals surface area contributed by atoms with Crippen LogP contribution < -0.4 is 15.4 Å². The summed E-state index contributed by atoms with van der Waals surface area (Å²) in [5, 5.41) is 26.5. The smallest absolute Gasteiger partial charge is 0.322 e. The van der Waals surface area contributed by atoms with Crippen molar-refractivity contribution in [3.63, 3.8) is 0 Å². The lowest BCUT2D eigenvalue weighted by Gasteiger charge is -2.31. The lowest BCUT2D eigenvalue weighted by atomic mass is 9.98. The van der Waals surface area contributed by atoms with E-state index in [4.69, 9.17) is 0 Å². The van der Waals surface area contributed by atoms with E-state index in [1.165, 1.54) is 57.7 Å². The van der Waals surface area contributed by atoms with Crippen LogP contribution in [0, 0.1) is 18.7 Å². The van der Waals surface area contributed by atoms with Gasteiger partial charge in [-0.3, -0.25) is 4.72 Å². The number of piperidine rings is 1. The van der Waals surface area contributed by atoms with Crippen LogP contribution in [0.2, 0.25) is 0 Å². The maximum atomic E-state index is 14.4. The molecule has 1 atom stereocenters. The zero-order valence-corrected chi connectivity index (χ0v) is 29.1. The average molecular weight is 706 g/mol. The molecule has 48 heavy (non-hydrogen) atoms. The summed E-state index contributed by atoms with van der Waals surface area (Å²) in [6.07, 6.45) is 1.24. The largest absolute Gasteiger partial charge is 0.506 e. The molecule has 1 heterocycles.